The third kappa shape index (κ3) is 7.40. The number of rotatable bonds is 12. The van der Waals surface area contributed by atoms with Crippen molar-refractivity contribution in [2.24, 2.45) is 5.16 Å². The summed E-state index contributed by atoms with van der Waals surface area (Å²) < 4.78 is 5.67. The molecule has 0 heterocycles. The largest absolute Gasteiger partial charge is 0.507 e. The van der Waals surface area contributed by atoms with Gasteiger partial charge >= 0.3 is 0 Å². The summed E-state index contributed by atoms with van der Waals surface area (Å²) in [4.78, 5) is 0. The van der Waals surface area contributed by atoms with Crippen molar-refractivity contribution in [3.05, 3.63) is 23.8 Å². The number of phenols is 1. The molecule has 130 valence electrons. The highest BCUT2D eigenvalue weighted by molar-refractivity contribution is 6.02. The van der Waals surface area contributed by atoms with E-state index in [1.807, 2.05) is 6.92 Å². The molecule has 0 saturated heterocycles. The van der Waals surface area contributed by atoms with Gasteiger partial charge < -0.3 is 15.1 Å². The standard InChI is InChI=1S/C19H31NO3/c1-3-5-6-7-8-9-10-11-14-23-16-12-13-17(19(21)15-16)18(4-2)20-22/h12-13,15,21-22H,3-11,14H2,1-2H3. The van der Waals surface area contributed by atoms with Crippen molar-refractivity contribution in [1.82, 2.24) is 0 Å². The number of phenolic OH excluding ortho intramolecular Hbond substituents is 1. The van der Waals surface area contributed by atoms with Crippen LogP contribution < -0.4 is 4.74 Å². The third-order valence-electron chi connectivity index (χ3n) is 4.00. The maximum absolute atomic E-state index is 10.00. The van der Waals surface area contributed by atoms with Crippen LogP contribution >= 0.6 is 0 Å². The van der Waals surface area contributed by atoms with Gasteiger partial charge in [-0.3, -0.25) is 0 Å². The Hall–Kier alpha value is -1.71. The highest BCUT2D eigenvalue weighted by Crippen LogP contribution is 2.25. The zero-order valence-electron chi connectivity index (χ0n) is 14.6. The Labute approximate surface area is 140 Å². The average molecular weight is 321 g/mol. The van der Waals surface area contributed by atoms with Gasteiger partial charge in [0.2, 0.25) is 0 Å². The molecule has 0 atom stereocenters. The van der Waals surface area contributed by atoms with E-state index in [1.54, 1.807) is 18.2 Å². The lowest BCUT2D eigenvalue weighted by Gasteiger charge is -2.09. The first-order chi connectivity index (χ1) is 11.2. The lowest BCUT2D eigenvalue weighted by Crippen LogP contribution is -2.01. The second-order valence-electron chi connectivity index (χ2n) is 5.90. The SMILES string of the molecule is CCCCCCCCCCOc1ccc(C(CC)=NO)c(O)c1. The monoisotopic (exact) mass is 321 g/mol. The number of ether oxygens (including phenoxy) is 1. The highest BCUT2D eigenvalue weighted by atomic mass is 16.5. The number of nitrogens with zero attached hydrogens (tertiary/aromatic N) is 1. The molecule has 0 radical (unpaired) electrons. The summed E-state index contributed by atoms with van der Waals surface area (Å²) >= 11 is 0. The van der Waals surface area contributed by atoms with Gasteiger partial charge in [0, 0.05) is 11.6 Å². The van der Waals surface area contributed by atoms with Crippen molar-refractivity contribution in [1.29, 1.82) is 0 Å². The number of benzene rings is 1. The fraction of sp³-hybridized carbons (Fsp3) is 0.632. The van der Waals surface area contributed by atoms with Gasteiger partial charge in [-0.2, -0.15) is 0 Å². The number of hydrogen-bond donors (Lipinski definition) is 2. The zero-order valence-corrected chi connectivity index (χ0v) is 14.6. The van der Waals surface area contributed by atoms with Gasteiger partial charge in [-0.1, -0.05) is 63.9 Å². The van der Waals surface area contributed by atoms with Crippen LogP contribution in [0.25, 0.3) is 0 Å². The van der Waals surface area contributed by atoms with E-state index in [9.17, 15) is 5.11 Å². The molecule has 23 heavy (non-hydrogen) atoms. The molecule has 4 nitrogen and oxygen atoms in total. The molecule has 1 aromatic carbocycles. The molecule has 0 aliphatic carbocycles. The second kappa shape index (κ2) is 11.8. The fourth-order valence-electron chi connectivity index (χ4n) is 2.59. The fourth-order valence-corrected chi connectivity index (χ4v) is 2.59. The van der Waals surface area contributed by atoms with Crippen LogP contribution in [0.15, 0.2) is 23.4 Å². The van der Waals surface area contributed by atoms with Crippen molar-refractivity contribution in [2.45, 2.75) is 71.6 Å². The molecule has 0 aromatic heterocycles. The smallest absolute Gasteiger partial charge is 0.128 e. The molecule has 0 aliphatic rings. The van der Waals surface area contributed by atoms with Crippen LogP contribution in [0.5, 0.6) is 11.5 Å². The number of hydrogen-bond acceptors (Lipinski definition) is 4. The Bertz CT molecular complexity index is 472. The lowest BCUT2D eigenvalue weighted by atomic mass is 10.1. The van der Waals surface area contributed by atoms with Crippen molar-refractivity contribution in [3.63, 3.8) is 0 Å². The quantitative estimate of drug-likeness (QED) is 0.231. The maximum Gasteiger partial charge on any atom is 0.128 e. The number of oxime groups is 1. The number of aromatic hydroxyl groups is 1. The van der Waals surface area contributed by atoms with Crippen molar-refractivity contribution in [3.8, 4) is 11.5 Å². The highest BCUT2D eigenvalue weighted by Gasteiger charge is 2.09. The summed E-state index contributed by atoms with van der Waals surface area (Å²) in [6, 6.07) is 5.12. The van der Waals surface area contributed by atoms with Crippen molar-refractivity contribution < 1.29 is 15.1 Å². The van der Waals surface area contributed by atoms with E-state index >= 15 is 0 Å². The van der Waals surface area contributed by atoms with Crippen LogP contribution in [0.2, 0.25) is 0 Å². The van der Waals surface area contributed by atoms with Gasteiger partial charge in [-0.05, 0) is 25.0 Å². The van der Waals surface area contributed by atoms with Gasteiger partial charge in [-0.15, -0.1) is 0 Å². The third-order valence-corrected chi connectivity index (χ3v) is 4.00. The Balaban J connectivity index is 2.24. The molecule has 0 aliphatic heterocycles. The second-order valence-corrected chi connectivity index (χ2v) is 5.90. The first kappa shape index (κ1) is 19.3. The van der Waals surface area contributed by atoms with Crippen LogP contribution in [-0.2, 0) is 0 Å². The van der Waals surface area contributed by atoms with Crippen LogP contribution in [-0.4, -0.2) is 22.6 Å². The zero-order chi connectivity index (χ0) is 16.9. The Morgan fingerprint density at radius 1 is 1.00 bits per heavy atom. The van der Waals surface area contributed by atoms with Crippen LogP contribution in [0.4, 0.5) is 0 Å². The molecular formula is C19H31NO3. The van der Waals surface area contributed by atoms with Gasteiger partial charge in [0.1, 0.15) is 11.5 Å². The Morgan fingerprint density at radius 3 is 2.22 bits per heavy atom. The predicted octanol–water partition coefficient (Wildman–Crippen LogP) is 5.50. The summed E-state index contributed by atoms with van der Waals surface area (Å²) in [6.07, 6.45) is 10.7. The first-order valence-corrected chi connectivity index (χ1v) is 8.90. The van der Waals surface area contributed by atoms with E-state index in [-0.39, 0.29) is 5.75 Å². The molecule has 1 aromatic rings. The van der Waals surface area contributed by atoms with Crippen LogP contribution in [0.3, 0.4) is 0 Å². The summed E-state index contributed by atoms with van der Waals surface area (Å²) in [7, 11) is 0. The van der Waals surface area contributed by atoms with Crippen molar-refractivity contribution >= 4 is 5.71 Å². The lowest BCUT2D eigenvalue weighted by molar-refractivity contribution is 0.302. The molecule has 4 heteroatoms. The Kier molecular flexibility index (Phi) is 9.92. The molecule has 0 amide bonds. The molecule has 0 spiro atoms. The predicted molar refractivity (Wildman–Crippen MR) is 94.8 cm³/mol. The molecule has 0 bridgehead atoms. The van der Waals surface area contributed by atoms with E-state index in [2.05, 4.69) is 12.1 Å². The minimum Gasteiger partial charge on any atom is -0.507 e. The van der Waals surface area contributed by atoms with E-state index in [0.717, 1.165) is 6.42 Å². The molecular weight excluding hydrogens is 290 g/mol. The Morgan fingerprint density at radius 2 is 1.65 bits per heavy atom. The molecule has 0 unspecified atom stereocenters. The molecule has 1 rings (SSSR count). The van der Waals surface area contributed by atoms with E-state index in [4.69, 9.17) is 9.94 Å². The van der Waals surface area contributed by atoms with Gasteiger partial charge in [-0.25, -0.2) is 0 Å². The van der Waals surface area contributed by atoms with Gasteiger partial charge in [0.05, 0.1) is 12.3 Å². The van der Waals surface area contributed by atoms with Crippen LogP contribution in [0, 0.1) is 0 Å². The molecule has 0 fully saturated rings. The summed E-state index contributed by atoms with van der Waals surface area (Å²) in [5.41, 5.74) is 1.02. The van der Waals surface area contributed by atoms with Gasteiger partial charge in [0.25, 0.3) is 0 Å². The summed E-state index contributed by atoms with van der Waals surface area (Å²) in [5.74, 6) is 0.746. The number of unbranched alkanes of at least 4 members (excludes halogenated alkanes) is 7. The van der Waals surface area contributed by atoms with E-state index in [1.165, 1.54) is 44.9 Å². The van der Waals surface area contributed by atoms with Crippen LogP contribution in [0.1, 0.15) is 77.2 Å². The van der Waals surface area contributed by atoms with E-state index in [0.29, 0.717) is 30.1 Å². The summed E-state index contributed by atoms with van der Waals surface area (Å²) in [5, 5.41) is 22.1. The molecule has 2 N–H and O–H groups in total. The van der Waals surface area contributed by atoms with Gasteiger partial charge in [0.15, 0.2) is 0 Å². The van der Waals surface area contributed by atoms with Crippen molar-refractivity contribution in [2.75, 3.05) is 6.61 Å². The molecule has 0 saturated carbocycles. The van der Waals surface area contributed by atoms with E-state index < -0.39 is 0 Å². The normalized spacial score (nSPS) is 11.7. The minimum absolute atomic E-state index is 0.0908. The maximum atomic E-state index is 10.00. The topological polar surface area (TPSA) is 62.0 Å². The average Bonchev–Trinajstić information content (AvgIpc) is 2.56. The summed E-state index contributed by atoms with van der Waals surface area (Å²) in [6.45, 7) is 4.78. The first-order valence-electron chi connectivity index (χ1n) is 8.90. The minimum atomic E-state index is 0.0908.